The largest absolute Gasteiger partial charge is 0.384 e. The summed E-state index contributed by atoms with van der Waals surface area (Å²) >= 11 is 0. The number of anilines is 1. The Morgan fingerprint density at radius 3 is 2.06 bits per heavy atom. The average Bonchev–Trinajstić information content (AvgIpc) is 2.72. The lowest BCUT2D eigenvalue weighted by atomic mass is 9.97. The maximum absolute atomic E-state index is 5.93. The van der Waals surface area contributed by atoms with Gasteiger partial charge in [-0.05, 0) is 18.9 Å². The summed E-state index contributed by atoms with van der Waals surface area (Å²) in [6.45, 7) is 0. The zero-order chi connectivity index (χ0) is 11.2. The van der Waals surface area contributed by atoms with Gasteiger partial charge in [0.25, 0.3) is 0 Å². The van der Waals surface area contributed by atoms with Gasteiger partial charge in [0, 0.05) is 0 Å². The van der Waals surface area contributed by atoms with E-state index in [-0.39, 0.29) is 0 Å². The molecule has 2 N–H and O–H groups in total. The lowest BCUT2D eigenvalue weighted by Crippen LogP contribution is -2.13. The van der Waals surface area contributed by atoms with Crippen molar-refractivity contribution in [2.24, 2.45) is 0 Å². The van der Waals surface area contributed by atoms with Gasteiger partial charge in [0.05, 0.1) is 12.2 Å². The van der Waals surface area contributed by atoms with Crippen molar-refractivity contribution in [1.82, 2.24) is 9.78 Å². The second-order valence-corrected chi connectivity index (χ2v) is 4.91. The topological polar surface area (TPSA) is 43.8 Å². The van der Waals surface area contributed by atoms with E-state index in [0.29, 0.717) is 6.04 Å². The van der Waals surface area contributed by atoms with Crippen molar-refractivity contribution in [3.05, 3.63) is 12.3 Å². The van der Waals surface area contributed by atoms with Crippen LogP contribution >= 0.6 is 0 Å². The van der Waals surface area contributed by atoms with Crippen LogP contribution in [0.2, 0.25) is 0 Å². The van der Waals surface area contributed by atoms with Crippen LogP contribution in [0.4, 0.5) is 5.82 Å². The molecule has 0 radical (unpaired) electrons. The van der Waals surface area contributed by atoms with E-state index in [0.717, 1.165) is 5.82 Å². The molecule has 1 saturated carbocycles. The molecular weight excluding hydrogens is 198 g/mol. The zero-order valence-electron chi connectivity index (χ0n) is 10.1. The Hall–Kier alpha value is -0.990. The number of nitrogens with zero attached hydrogens (tertiary/aromatic N) is 2. The third-order valence-corrected chi connectivity index (χ3v) is 3.62. The number of hydrogen-bond donors (Lipinski definition) is 1. The van der Waals surface area contributed by atoms with E-state index < -0.39 is 0 Å². The first-order chi connectivity index (χ1) is 7.88. The predicted molar refractivity (Wildman–Crippen MR) is 67.2 cm³/mol. The lowest BCUT2D eigenvalue weighted by Gasteiger charge is -2.20. The summed E-state index contributed by atoms with van der Waals surface area (Å²) < 4.78 is 2.03. The van der Waals surface area contributed by atoms with Crippen LogP contribution in [-0.4, -0.2) is 9.78 Å². The molecule has 2 rings (SSSR count). The second kappa shape index (κ2) is 5.92. The monoisotopic (exact) mass is 221 g/mol. The van der Waals surface area contributed by atoms with Gasteiger partial charge in [-0.1, -0.05) is 44.9 Å². The Morgan fingerprint density at radius 2 is 1.56 bits per heavy atom. The fourth-order valence-corrected chi connectivity index (χ4v) is 2.66. The van der Waals surface area contributed by atoms with E-state index in [1.807, 2.05) is 16.9 Å². The maximum Gasteiger partial charge on any atom is 0.121 e. The molecular formula is C13H23N3. The number of hydrogen-bond acceptors (Lipinski definition) is 2. The minimum atomic E-state index is 0.535. The highest BCUT2D eigenvalue weighted by molar-refractivity contribution is 5.26. The molecule has 0 saturated heterocycles. The molecule has 1 aliphatic carbocycles. The van der Waals surface area contributed by atoms with Gasteiger partial charge in [-0.3, -0.25) is 0 Å². The molecule has 0 aromatic carbocycles. The van der Waals surface area contributed by atoms with E-state index in [1.165, 1.54) is 57.8 Å². The summed E-state index contributed by atoms with van der Waals surface area (Å²) in [5.74, 6) is 0.821. The van der Waals surface area contributed by atoms with Gasteiger partial charge < -0.3 is 5.73 Å². The van der Waals surface area contributed by atoms with Crippen LogP contribution in [0.15, 0.2) is 12.3 Å². The van der Waals surface area contributed by atoms with Crippen LogP contribution in [0.1, 0.15) is 63.8 Å². The SMILES string of the molecule is Nc1ccnn1C1CCCCCCCCC1. The van der Waals surface area contributed by atoms with Crippen molar-refractivity contribution in [2.45, 2.75) is 63.8 Å². The van der Waals surface area contributed by atoms with Crippen molar-refractivity contribution in [3.8, 4) is 0 Å². The van der Waals surface area contributed by atoms with E-state index in [4.69, 9.17) is 5.73 Å². The number of nitrogens with two attached hydrogens (primary N) is 1. The predicted octanol–water partition coefficient (Wildman–Crippen LogP) is 3.53. The fraction of sp³-hybridized carbons (Fsp3) is 0.769. The molecule has 0 unspecified atom stereocenters. The van der Waals surface area contributed by atoms with E-state index in [9.17, 15) is 0 Å². The van der Waals surface area contributed by atoms with Crippen molar-refractivity contribution in [1.29, 1.82) is 0 Å². The van der Waals surface area contributed by atoms with Crippen molar-refractivity contribution in [2.75, 3.05) is 5.73 Å². The van der Waals surface area contributed by atoms with Crippen molar-refractivity contribution >= 4 is 5.82 Å². The Labute approximate surface area is 98.0 Å². The molecule has 1 aromatic heterocycles. The Bertz CT molecular complexity index is 296. The zero-order valence-corrected chi connectivity index (χ0v) is 10.1. The smallest absolute Gasteiger partial charge is 0.121 e. The molecule has 1 heterocycles. The number of nitrogen functional groups attached to an aromatic ring is 1. The summed E-state index contributed by atoms with van der Waals surface area (Å²) in [4.78, 5) is 0. The first-order valence-corrected chi connectivity index (χ1v) is 6.67. The van der Waals surface area contributed by atoms with Crippen molar-refractivity contribution < 1.29 is 0 Å². The fourth-order valence-electron chi connectivity index (χ4n) is 2.66. The molecule has 3 heteroatoms. The van der Waals surface area contributed by atoms with Crippen LogP contribution in [-0.2, 0) is 0 Å². The average molecular weight is 221 g/mol. The van der Waals surface area contributed by atoms with Gasteiger partial charge in [0.15, 0.2) is 0 Å². The quantitative estimate of drug-likeness (QED) is 0.788. The van der Waals surface area contributed by atoms with Crippen molar-refractivity contribution in [3.63, 3.8) is 0 Å². The molecule has 0 aliphatic heterocycles. The Kier molecular flexibility index (Phi) is 4.25. The third-order valence-electron chi connectivity index (χ3n) is 3.62. The normalized spacial score (nSPS) is 20.8. The molecule has 1 fully saturated rings. The minimum Gasteiger partial charge on any atom is -0.384 e. The number of rotatable bonds is 1. The molecule has 0 atom stereocenters. The summed E-state index contributed by atoms with van der Waals surface area (Å²) in [5, 5.41) is 4.36. The highest BCUT2D eigenvalue weighted by Crippen LogP contribution is 2.26. The molecule has 0 spiro atoms. The van der Waals surface area contributed by atoms with Crippen LogP contribution in [0.5, 0.6) is 0 Å². The Morgan fingerprint density at radius 1 is 1.00 bits per heavy atom. The molecule has 3 nitrogen and oxygen atoms in total. The van der Waals surface area contributed by atoms with Gasteiger partial charge in [0.2, 0.25) is 0 Å². The van der Waals surface area contributed by atoms with Crippen LogP contribution < -0.4 is 5.73 Å². The van der Waals surface area contributed by atoms with E-state index in [1.54, 1.807) is 0 Å². The molecule has 90 valence electrons. The van der Waals surface area contributed by atoms with Crippen LogP contribution in [0.3, 0.4) is 0 Å². The highest BCUT2D eigenvalue weighted by atomic mass is 15.3. The summed E-state index contributed by atoms with van der Waals surface area (Å²) in [6.07, 6.45) is 13.9. The van der Waals surface area contributed by atoms with Gasteiger partial charge in [0.1, 0.15) is 5.82 Å². The highest BCUT2D eigenvalue weighted by Gasteiger charge is 2.14. The molecule has 0 amide bonds. The maximum atomic E-state index is 5.93. The second-order valence-electron chi connectivity index (χ2n) is 4.91. The van der Waals surface area contributed by atoms with Gasteiger partial charge in [-0.15, -0.1) is 0 Å². The third kappa shape index (κ3) is 3.00. The molecule has 1 aromatic rings. The van der Waals surface area contributed by atoms with E-state index >= 15 is 0 Å². The van der Waals surface area contributed by atoms with Gasteiger partial charge in [-0.25, -0.2) is 4.68 Å². The molecule has 0 bridgehead atoms. The lowest BCUT2D eigenvalue weighted by molar-refractivity contribution is 0.361. The van der Waals surface area contributed by atoms with Gasteiger partial charge in [-0.2, -0.15) is 5.10 Å². The minimum absolute atomic E-state index is 0.535. The molecule has 16 heavy (non-hydrogen) atoms. The summed E-state index contributed by atoms with van der Waals surface area (Å²) in [5.41, 5.74) is 5.93. The summed E-state index contributed by atoms with van der Waals surface area (Å²) in [6, 6.07) is 2.44. The first kappa shape index (κ1) is 11.5. The van der Waals surface area contributed by atoms with Gasteiger partial charge >= 0.3 is 0 Å². The van der Waals surface area contributed by atoms with Crippen LogP contribution in [0.25, 0.3) is 0 Å². The Balaban J connectivity index is 1.97. The van der Waals surface area contributed by atoms with Crippen LogP contribution in [0, 0.1) is 0 Å². The standard InChI is InChI=1S/C13H23N3/c14-13-10-11-15-16(13)12-8-6-4-2-1-3-5-7-9-12/h10-12H,1-9,14H2. The molecule has 1 aliphatic rings. The first-order valence-electron chi connectivity index (χ1n) is 6.67. The summed E-state index contributed by atoms with van der Waals surface area (Å²) in [7, 11) is 0. The number of aromatic nitrogens is 2. The van der Waals surface area contributed by atoms with E-state index in [2.05, 4.69) is 5.10 Å².